The molecule has 6 nitrogen and oxygen atoms in total. The molecular weight excluding hydrogens is 474 g/mol. The van der Waals surface area contributed by atoms with Crippen LogP contribution in [0.3, 0.4) is 0 Å². The Kier molecular flexibility index (Phi) is 11.8. The van der Waals surface area contributed by atoms with Gasteiger partial charge in [0.1, 0.15) is 0 Å². The highest BCUT2D eigenvalue weighted by molar-refractivity contribution is 6.31. The minimum atomic E-state index is -1.03. The number of rotatable bonds is 12. The average molecular weight is 522 g/mol. The second-order valence-electron chi connectivity index (χ2n) is 11.0. The van der Waals surface area contributed by atoms with Crippen LogP contribution in [0.4, 0.5) is 4.79 Å². The number of carbonyl (C=O) groups is 1. The van der Waals surface area contributed by atoms with Gasteiger partial charge < -0.3 is 25.4 Å². The third-order valence-corrected chi connectivity index (χ3v) is 8.80. The molecule has 2 amide bonds. The van der Waals surface area contributed by atoms with Crippen LogP contribution >= 0.6 is 11.6 Å². The number of amides is 2. The van der Waals surface area contributed by atoms with E-state index in [1.165, 1.54) is 32.1 Å². The summed E-state index contributed by atoms with van der Waals surface area (Å²) in [5.74, 6) is 0.660. The molecule has 2 aliphatic rings. The molecule has 1 aliphatic carbocycles. The Balaban J connectivity index is 1.72. The van der Waals surface area contributed by atoms with E-state index in [0.717, 1.165) is 56.3 Å². The van der Waals surface area contributed by atoms with E-state index in [-0.39, 0.29) is 18.0 Å². The van der Waals surface area contributed by atoms with E-state index in [2.05, 4.69) is 10.6 Å². The fourth-order valence-corrected chi connectivity index (χ4v) is 6.53. The molecule has 0 radical (unpaired) electrons. The molecule has 1 heterocycles. The minimum Gasteiger partial charge on any atom is -0.385 e. The van der Waals surface area contributed by atoms with Gasteiger partial charge in [0.25, 0.3) is 0 Å². The van der Waals surface area contributed by atoms with Crippen molar-refractivity contribution in [3.05, 3.63) is 34.3 Å². The molecule has 3 rings (SSSR count). The molecular formula is C29H48ClN3O3. The molecule has 1 aromatic rings. The zero-order chi connectivity index (χ0) is 26.0. The summed E-state index contributed by atoms with van der Waals surface area (Å²) in [5, 5.41) is 19.5. The number of benzene rings is 1. The summed E-state index contributed by atoms with van der Waals surface area (Å²) in [6.07, 6.45) is 11.7. The van der Waals surface area contributed by atoms with Crippen molar-refractivity contribution in [1.82, 2.24) is 15.5 Å². The summed E-state index contributed by atoms with van der Waals surface area (Å²) < 4.78 is 5.24. The quantitative estimate of drug-likeness (QED) is 0.311. The predicted molar refractivity (Wildman–Crippen MR) is 148 cm³/mol. The number of piperidine rings is 1. The lowest BCUT2D eigenvalue weighted by atomic mass is 9.73. The molecule has 1 aliphatic heterocycles. The van der Waals surface area contributed by atoms with Crippen molar-refractivity contribution < 1.29 is 14.6 Å². The number of nitrogens with zero attached hydrogens (tertiary/aromatic N) is 1. The van der Waals surface area contributed by atoms with Crippen molar-refractivity contribution in [2.24, 2.45) is 11.8 Å². The summed E-state index contributed by atoms with van der Waals surface area (Å²) in [6, 6.07) is 5.94. The van der Waals surface area contributed by atoms with E-state index < -0.39 is 5.60 Å². The van der Waals surface area contributed by atoms with Crippen LogP contribution in [-0.2, 0) is 10.3 Å². The second-order valence-corrected chi connectivity index (χ2v) is 11.4. The number of urea groups is 1. The lowest BCUT2D eigenvalue weighted by Crippen LogP contribution is -2.54. The minimum absolute atomic E-state index is 0.000286. The van der Waals surface area contributed by atoms with Crippen LogP contribution < -0.4 is 10.6 Å². The average Bonchev–Trinajstić information content (AvgIpc) is 2.89. The number of likely N-dealkylation sites (N-methyl/N-ethyl adjacent to an activating group) is 1. The van der Waals surface area contributed by atoms with Crippen LogP contribution in [0.25, 0.3) is 0 Å². The third-order valence-electron chi connectivity index (χ3n) is 8.40. The summed E-state index contributed by atoms with van der Waals surface area (Å²) >= 11 is 6.48. The summed E-state index contributed by atoms with van der Waals surface area (Å²) in [4.78, 5) is 15.4. The van der Waals surface area contributed by atoms with E-state index in [1.807, 2.05) is 37.1 Å². The van der Waals surface area contributed by atoms with Crippen molar-refractivity contribution >= 4 is 17.6 Å². The van der Waals surface area contributed by atoms with E-state index in [0.29, 0.717) is 30.5 Å². The van der Waals surface area contributed by atoms with Gasteiger partial charge in [0.05, 0.1) is 5.60 Å². The molecule has 0 unspecified atom stereocenters. The third kappa shape index (κ3) is 7.83. The van der Waals surface area contributed by atoms with Crippen molar-refractivity contribution in [3.63, 3.8) is 0 Å². The molecule has 36 heavy (non-hydrogen) atoms. The number of hydrogen-bond acceptors (Lipinski definition) is 4. The molecule has 1 aromatic carbocycles. The number of nitrogens with one attached hydrogen (secondary N) is 2. The van der Waals surface area contributed by atoms with Crippen molar-refractivity contribution in [1.29, 1.82) is 0 Å². The molecule has 0 spiro atoms. The Morgan fingerprint density at radius 1 is 1.22 bits per heavy atom. The first kappa shape index (κ1) is 29.2. The highest BCUT2D eigenvalue weighted by atomic mass is 35.5. The molecule has 1 saturated carbocycles. The number of unbranched alkanes of at least 4 members (excludes halogenated alkanes) is 1. The Morgan fingerprint density at radius 2 is 2.00 bits per heavy atom. The predicted octanol–water partition coefficient (Wildman–Crippen LogP) is 5.63. The number of halogens is 1. The number of aliphatic hydroxyl groups is 1. The lowest BCUT2D eigenvalue weighted by Gasteiger charge is -2.44. The van der Waals surface area contributed by atoms with Gasteiger partial charge in [0.2, 0.25) is 0 Å². The monoisotopic (exact) mass is 521 g/mol. The second kappa shape index (κ2) is 14.6. The maximum absolute atomic E-state index is 13.4. The summed E-state index contributed by atoms with van der Waals surface area (Å²) in [5.41, 5.74) is 0.787. The SMILES string of the molecule is CNC[C@H](CC1CCCCC1)NC(=O)N1CCC[C@@H]([C@@](O)(CCCCOC)c2cccc(Cl)c2C)C1. The molecule has 2 fully saturated rings. The van der Waals surface area contributed by atoms with Gasteiger partial charge in [-0.1, -0.05) is 55.8 Å². The van der Waals surface area contributed by atoms with Crippen LogP contribution in [0.5, 0.6) is 0 Å². The lowest BCUT2D eigenvalue weighted by molar-refractivity contribution is -0.0568. The number of likely N-dealkylation sites (tertiary alicyclic amines) is 1. The van der Waals surface area contributed by atoms with Gasteiger partial charge in [0.15, 0.2) is 0 Å². The molecule has 1 saturated heterocycles. The number of hydrogen-bond donors (Lipinski definition) is 3. The number of carbonyl (C=O) groups excluding carboxylic acids is 1. The molecule has 3 atom stereocenters. The highest BCUT2D eigenvalue weighted by Crippen LogP contribution is 2.42. The zero-order valence-electron chi connectivity index (χ0n) is 22.7. The molecule has 7 heteroatoms. The van der Waals surface area contributed by atoms with Crippen molar-refractivity contribution in [2.75, 3.05) is 40.4 Å². The summed E-state index contributed by atoms with van der Waals surface area (Å²) in [7, 11) is 3.66. The van der Waals surface area contributed by atoms with Gasteiger partial charge >= 0.3 is 6.03 Å². The van der Waals surface area contributed by atoms with Gasteiger partial charge in [-0.05, 0) is 75.6 Å². The Hall–Kier alpha value is -1.34. The molecule has 0 bridgehead atoms. The van der Waals surface area contributed by atoms with Gasteiger partial charge in [0, 0.05) is 50.3 Å². The summed E-state index contributed by atoms with van der Waals surface area (Å²) in [6.45, 7) is 4.72. The van der Waals surface area contributed by atoms with E-state index >= 15 is 0 Å². The first-order chi connectivity index (χ1) is 17.4. The van der Waals surface area contributed by atoms with Gasteiger partial charge in [-0.25, -0.2) is 4.79 Å². The van der Waals surface area contributed by atoms with Crippen molar-refractivity contribution in [3.8, 4) is 0 Å². The fraction of sp³-hybridized carbons (Fsp3) is 0.759. The van der Waals surface area contributed by atoms with Crippen molar-refractivity contribution in [2.45, 2.75) is 89.2 Å². The van der Waals surface area contributed by atoms with Crippen LogP contribution in [0.15, 0.2) is 18.2 Å². The largest absolute Gasteiger partial charge is 0.385 e. The van der Waals surface area contributed by atoms with E-state index in [1.54, 1.807) is 7.11 Å². The zero-order valence-corrected chi connectivity index (χ0v) is 23.4. The van der Waals surface area contributed by atoms with Crippen LogP contribution in [0, 0.1) is 18.8 Å². The van der Waals surface area contributed by atoms with Crippen LogP contribution in [0.1, 0.15) is 81.8 Å². The van der Waals surface area contributed by atoms with E-state index in [9.17, 15) is 9.90 Å². The van der Waals surface area contributed by atoms with Gasteiger partial charge in [-0.15, -0.1) is 0 Å². The Morgan fingerprint density at radius 3 is 2.72 bits per heavy atom. The van der Waals surface area contributed by atoms with Crippen LogP contribution in [0.2, 0.25) is 5.02 Å². The highest BCUT2D eigenvalue weighted by Gasteiger charge is 2.42. The maximum Gasteiger partial charge on any atom is 0.317 e. The van der Waals surface area contributed by atoms with Crippen LogP contribution in [-0.4, -0.2) is 62.5 Å². The number of methoxy groups -OCH3 is 1. The first-order valence-corrected chi connectivity index (χ1v) is 14.4. The normalized spacial score (nSPS) is 21.7. The Bertz CT molecular complexity index is 817. The van der Waals surface area contributed by atoms with Gasteiger partial charge in [-0.3, -0.25) is 0 Å². The molecule has 0 aromatic heterocycles. The molecule has 3 N–H and O–H groups in total. The topological polar surface area (TPSA) is 73.8 Å². The maximum atomic E-state index is 13.4. The first-order valence-electron chi connectivity index (χ1n) is 14.1. The molecule has 204 valence electrons. The fourth-order valence-electron chi connectivity index (χ4n) is 6.36. The van der Waals surface area contributed by atoms with Gasteiger partial charge in [-0.2, -0.15) is 0 Å². The smallest absolute Gasteiger partial charge is 0.317 e. The van der Waals surface area contributed by atoms with E-state index in [4.69, 9.17) is 16.3 Å². The Labute approximate surface area is 223 Å². The number of ether oxygens (including phenoxy) is 1. The standard InChI is InChI=1S/C29H48ClN3O3/c1-22-26(14-9-15-27(22)30)29(35,16-7-8-18-36-3)24-13-10-17-33(21-24)28(34)32-25(20-31-2)19-23-11-5-4-6-12-23/h9,14-15,23-25,31,35H,4-8,10-13,16-21H2,1-3H3,(H,32,34)/t24-,25+,29+/m1/s1.